The van der Waals surface area contributed by atoms with Gasteiger partial charge in [-0.3, -0.25) is 14.3 Å². The fraction of sp³-hybridized carbons (Fsp3) is 0.300. The molecule has 0 spiro atoms. The topological polar surface area (TPSA) is 80.1 Å². The minimum absolute atomic E-state index is 0.109. The number of likely N-dealkylation sites (N-methyl/N-ethyl adjacent to an activating group) is 1. The first-order valence-electron chi connectivity index (χ1n) is 9.15. The van der Waals surface area contributed by atoms with Crippen molar-refractivity contribution < 1.29 is 14.0 Å². The molecule has 28 heavy (non-hydrogen) atoms. The Kier molecular flexibility index (Phi) is 4.54. The third-order valence-electron chi connectivity index (χ3n) is 5.00. The summed E-state index contributed by atoms with van der Waals surface area (Å²) in [4.78, 5) is 31.2. The van der Waals surface area contributed by atoms with Crippen molar-refractivity contribution in [3.8, 4) is 11.3 Å². The SMILES string of the molecule is CCn1cc(-c2cc(C(=O)N[C@@H]3CCN(C)C3=O)c3ccc(F)cc3n2)cn1. The smallest absolute Gasteiger partial charge is 0.252 e. The molecule has 1 fully saturated rings. The first kappa shape index (κ1) is 18.1. The zero-order valence-corrected chi connectivity index (χ0v) is 15.6. The van der Waals surface area contributed by atoms with Gasteiger partial charge in [0.25, 0.3) is 5.91 Å². The molecule has 1 atom stereocenters. The van der Waals surface area contributed by atoms with Crippen LogP contribution >= 0.6 is 0 Å². The van der Waals surface area contributed by atoms with Gasteiger partial charge in [-0.25, -0.2) is 9.37 Å². The molecule has 144 valence electrons. The van der Waals surface area contributed by atoms with Gasteiger partial charge in [0.15, 0.2) is 0 Å². The van der Waals surface area contributed by atoms with E-state index in [9.17, 15) is 14.0 Å². The quantitative estimate of drug-likeness (QED) is 0.752. The molecular weight excluding hydrogens is 361 g/mol. The van der Waals surface area contributed by atoms with Crippen molar-refractivity contribution in [2.24, 2.45) is 0 Å². The molecule has 0 bridgehead atoms. The Morgan fingerprint density at radius 3 is 2.86 bits per heavy atom. The molecule has 3 heterocycles. The van der Waals surface area contributed by atoms with Crippen LogP contribution in [-0.4, -0.2) is 51.1 Å². The number of nitrogens with one attached hydrogen (secondary N) is 1. The van der Waals surface area contributed by atoms with Gasteiger partial charge in [0.1, 0.15) is 11.9 Å². The van der Waals surface area contributed by atoms with E-state index in [-0.39, 0.29) is 11.8 Å². The van der Waals surface area contributed by atoms with Crippen LogP contribution in [0.3, 0.4) is 0 Å². The monoisotopic (exact) mass is 381 g/mol. The van der Waals surface area contributed by atoms with E-state index < -0.39 is 11.9 Å². The van der Waals surface area contributed by atoms with E-state index in [0.29, 0.717) is 41.7 Å². The van der Waals surface area contributed by atoms with Crippen LogP contribution < -0.4 is 5.32 Å². The Hall–Kier alpha value is -3.29. The van der Waals surface area contributed by atoms with Crippen LogP contribution in [0, 0.1) is 5.82 Å². The molecule has 4 rings (SSSR count). The summed E-state index contributed by atoms with van der Waals surface area (Å²) in [5, 5.41) is 7.57. The number of hydrogen-bond acceptors (Lipinski definition) is 4. The van der Waals surface area contributed by atoms with Gasteiger partial charge < -0.3 is 10.2 Å². The predicted octanol–water partition coefficient (Wildman–Crippen LogP) is 2.22. The summed E-state index contributed by atoms with van der Waals surface area (Å²) in [6, 6.07) is 5.25. The second-order valence-electron chi connectivity index (χ2n) is 6.88. The van der Waals surface area contributed by atoms with Crippen LogP contribution in [0.15, 0.2) is 36.7 Å². The number of nitrogens with zero attached hydrogens (tertiary/aromatic N) is 4. The van der Waals surface area contributed by atoms with Gasteiger partial charge in [-0.05, 0) is 31.5 Å². The molecule has 7 nitrogen and oxygen atoms in total. The average molecular weight is 381 g/mol. The first-order chi connectivity index (χ1) is 13.5. The van der Waals surface area contributed by atoms with E-state index in [4.69, 9.17) is 0 Å². The second-order valence-corrected chi connectivity index (χ2v) is 6.88. The van der Waals surface area contributed by atoms with Crippen molar-refractivity contribution in [2.75, 3.05) is 13.6 Å². The average Bonchev–Trinajstić information content (AvgIpc) is 3.29. The number of aryl methyl sites for hydroxylation is 1. The number of carbonyl (C=O) groups excluding carboxylic acids is 2. The predicted molar refractivity (Wildman–Crippen MR) is 102 cm³/mol. The Balaban J connectivity index is 1.77. The molecule has 3 aromatic rings. The number of fused-ring (bicyclic) bond motifs is 1. The molecule has 1 aliphatic rings. The fourth-order valence-electron chi connectivity index (χ4n) is 3.40. The first-order valence-corrected chi connectivity index (χ1v) is 9.15. The zero-order valence-electron chi connectivity index (χ0n) is 15.6. The van der Waals surface area contributed by atoms with E-state index in [1.165, 1.54) is 18.2 Å². The van der Waals surface area contributed by atoms with Crippen molar-refractivity contribution >= 4 is 22.7 Å². The van der Waals surface area contributed by atoms with Crippen molar-refractivity contribution in [1.29, 1.82) is 0 Å². The van der Waals surface area contributed by atoms with E-state index in [0.717, 1.165) is 5.56 Å². The molecule has 1 saturated heterocycles. The van der Waals surface area contributed by atoms with Gasteiger partial charge in [-0.2, -0.15) is 5.10 Å². The third-order valence-corrected chi connectivity index (χ3v) is 5.00. The van der Waals surface area contributed by atoms with Crippen molar-refractivity contribution in [1.82, 2.24) is 25.0 Å². The summed E-state index contributed by atoms with van der Waals surface area (Å²) in [6.45, 7) is 3.27. The summed E-state index contributed by atoms with van der Waals surface area (Å²) in [5.74, 6) is -0.917. The van der Waals surface area contributed by atoms with Crippen molar-refractivity contribution in [2.45, 2.75) is 25.9 Å². The Labute approximate surface area is 161 Å². The maximum absolute atomic E-state index is 13.8. The van der Waals surface area contributed by atoms with Gasteiger partial charge in [0.05, 0.1) is 23.0 Å². The fourth-order valence-corrected chi connectivity index (χ4v) is 3.40. The standard InChI is InChI=1S/C20H20FN5O2/c1-3-26-11-12(10-22-26)17-9-15(14-5-4-13(21)8-18(14)23-17)19(27)24-16-6-7-25(2)20(16)28/h4-5,8-11,16H,3,6-7H2,1-2H3,(H,24,27)/t16-/m1/s1. The number of benzene rings is 1. The maximum Gasteiger partial charge on any atom is 0.252 e. The summed E-state index contributed by atoms with van der Waals surface area (Å²) < 4.78 is 15.5. The van der Waals surface area contributed by atoms with Crippen LogP contribution in [0.5, 0.6) is 0 Å². The van der Waals surface area contributed by atoms with Gasteiger partial charge in [0.2, 0.25) is 5.91 Å². The number of rotatable bonds is 4. The number of hydrogen-bond donors (Lipinski definition) is 1. The van der Waals surface area contributed by atoms with E-state index >= 15 is 0 Å². The molecule has 1 aromatic carbocycles. The lowest BCUT2D eigenvalue weighted by molar-refractivity contribution is -0.128. The van der Waals surface area contributed by atoms with E-state index in [1.807, 2.05) is 13.1 Å². The Morgan fingerprint density at radius 1 is 1.36 bits per heavy atom. The highest BCUT2D eigenvalue weighted by atomic mass is 19.1. The molecule has 2 amide bonds. The molecule has 1 N–H and O–H groups in total. The highest BCUT2D eigenvalue weighted by molar-refractivity contribution is 6.08. The highest BCUT2D eigenvalue weighted by Gasteiger charge is 2.31. The summed E-state index contributed by atoms with van der Waals surface area (Å²) in [5.41, 5.74) is 1.99. The summed E-state index contributed by atoms with van der Waals surface area (Å²) >= 11 is 0. The zero-order chi connectivity index (χ0) is 19.8. The number of amides is 2. The van der Waals surface area contributed by atoms with Gasteiger partial charge in [-0.1, -0.05) is 0 Å². The highest BCUT2D eigenvalue weighted by Crippen LogP contribution is 2.26. The minimum atomic E-state index is -0.549. The van der Waals surface area contributed by atoms with Gasteiger partial charge >= 0.3 is 0 Å². The number of pyridine rings is 1. The lowest BCUT2D eigenvalue weighted by atomic mass is 10.0. The summed E-state index contributed by atoms with van der Waals surface area (Å²) in [7, 11) is 1.71. The molecule has 1 aliphatic heterocycles. The van der Waals surface area contributed by atoms with Gasteiger partial charge in [-0.15, -0.1) is 0 Å². The number of halogens is 1. The molecule has 8 heteroatoms. The number of aromatic nitrogens is 3. The molecule has 0 unspecified atom stereocenters. The molecule has 0 radical (unpaired) electrons. The summed E-state index contributed by atoms with van der Waals surface area (Å²) in [6.07, 6.45) is 4.05. The molecular formula is C20H20FN5O2. The lowest BCUT2D eigenvalue weighted by Gasteiger charge is -2.14. The maximum atomic E-state index is 13.8. The van der Waals surface area contributed by atoms with Crippen molar-refractivity contribution in [3.63, 3.8) is 0 Å². The van der Waals surface area contributed by atoms with E-state index in [1.54, 1.807) is 28.9 Å². The Bertz CT molecular complexity index is 1080. The van der Waals surface area contributed by atoms with Crippen molar-refractivity contribution in [3.05, 3.63) is 48.0 Å². The largest absolute Gasteiger partial charge is 0.344 e. The van der Waals surface area contributed by atoms with Crippen LogP contribution in [0.2, 0.25) is 0 Å². The molecule has 2 aromatic heterocycles. The molecule has 0 aliphatic carbocycles. The minimum Gasteiger partial charge on any atom is -0.344 e. The normalized spacial score (nSPS) is 16.8. The molecule has 0 saturated carbocycles. The van der Waals surface area contributed by atoms with Crippen LogP contribution in [-0.2, 0) is 11.3 Å². The van der Waals surface area contributed by atoms with Crippen LogP contribution in [0.4, 0.5) is 4.39 Å². The number of likely N-dealkylation sites (tertiary alicyclic amines) is 1. The third kappa shape index (κ3) is 3.21. The van der Waals surface area contributed by atoms with E-state index in [2.05, 4.69) is 15.4 Å². The second kappa shape index (κ2) is 7.03. The number of carbonyl (C=O) groups is 2. The van der Waals surface area contributed by atoms with Crippen LogP contribution in [0.25, 0.3) is 22.2 Å². The van der Waals surface area contributed by atoms with Gasteiger partial charge in [0, 0.05) is 43.4 Å². The lowest BCUT2D eigenvalue weighted by Crippen LogP contribution is -2.40. The van der Waals surface area contributed by atoms with Crippen LogP contribution in [0.1, 0.15) is 23.7 Å². The Morgan fingerprint density at radius 2 is 2.18 bits per heavy atom.